The van der Waals surface area contributed by atoms with Crippen molar-refractivity contribution in [3.8, 4) is 17.4 Å². The number of nitro benzene ring substituents is 1. The number of carbonyl (C=O) groups is 1. The monoisotopic (exact) mass is 409 g/mol. The Kier molecular flexibility index (Phi) is 5.28. The normalized spacial score (nSPS) is 11.1. The van der Waals surface area contributed by atoms with Gasteiger partial charge in [-0.15, -0.1) is 0 Å². The van der Waals surface area contributed by atoms with E-state index in [4.69, 9.17) is 4.42 Å². The van der Waals surface area contributed by atoms with Crippen molar-refractivity contribution in [2.75, 3.05) is 5.32 Å². The van der Waals surface area contributed by atoms with Crippen LogP contribution in [-0.4, -0.2) is 10.8 Å². The van der Waals surface area contributed by atoms with E-state index in [2.05, 4.69) is 5.32 Å². The topological polar surface area (TPSA) is 109 Å². The lowest BCUT2D eigenvalue weighted by molar-refractivity contribution is -0.384. The molecule has 0 aliphatic carbocycles. The molecule has 4 aromatic rings. The number of hydrogen-bond acceptors (Lipinski definition) is 5. The van der Waals surface area contributed by atoms with Gasteiger partial charge in [0.2, 0.25) is 0 Å². The van der Waals surface area contributed by atoms with Gasteiger partial charge >= 0.3 is 0 Å². The van der Waals surface area contributed by atoms with Crippen molar-refractivity contribution in [1.82, 2.24) is 0 Å². The summed E-state index contributed by atoms with van der Waals surface area (Å²) in [6.07, 6.45) is 1.33. The highest BCUT2D eigenvalue weighted by molar-refractivity contribution is 6.10. The zero-order chi connectivity index (χ0) is 21.8. The van der Waals surface area contributed by atoms with Gasteiger partial charge in [-0.25, -0.2) is 0 Å². The van der Waals surface area contributed by atoms with Gasteiger partial charge in [0.25, 0.3) is 11.6 Å². The van der Waals surface area contributed by atoms with E-state index in [1.807, 2.05) is 42.5 Å². The van der Waals surface area contributed by atoms with Crippen molar-refractivity contribution >= 4 is 34.1 Å². The van der Waals surface area contributed by atoms with Crippen molar-refractivity contribution in [2.24, 2.45) is 0 Å². The van der Waals surface area contributed by atoms with Crippen LogP contribution in [0.4, 0.5) is 11.4 Å². The van der Waals surface area contributed by atoms with Crippen LogP contribution < -0.4 is 5.32 Å². The Morgan fingerprint density at radius 1 is 1.00 bits per heavy atom. The number of nitrogens with one attached hydrogen (secondary N) is 1. The average molecular weight is 409 g/mol. The summed E-state index contributed by atoms with van der Waals surface area (Å²) in [5.74, 6) is 0.111. The number of nitriles is 1. The van der Waals surface area contributed by atoms with E-state index in [9.17, 15) is 20.2 Å². The molecule has 1 aromatic heterocycles. The van der Waals surface area contributed by atoms with E-state index in [0.29, 0.717) is 17.0 Å². The third-order valence-corrected chi connectivity index (χ3v) is 4.63. The summed E-state index contributed by atoms with van der Waals surface area (Å²) in [5, 5.41) is 25.1. The van der Waals surface area contributed by atoms with Crippen molar-refractivity contribution in [3.63, 3.8) is 0 Å². The Labute approximate surface area is 177 Å². The first-order valence-corrected chi connectivity index (χ1v) is 9.30. The molecular formula is C24H15N3O4. The van der Waals surface area contributed by atoms with E-state index in [1.165, 1.54) is 18.2 Å². The van der Waals surface area contributed by atoms with Crippen LogP contribution in [0.15, 0.2) is 88.9 Å². The molecule has 0 aliphatic rings. The zero-order valence-electron chi connectivity index (χ0n) is 16.1. The number of amides is 1. The molecule has 0 fully saturated rings. The van der Waals surface area contributed by atoms with Crippen molar-refractivity contribution in [1.29, 1.82) is 5.26 Å². The number of nitrogens with zero attached hydrogens (tertiary/aromatic N) is 2. The fourth-order valence-corrected chi connectivity index (χ4v) is 3.11. The minimum Gasteiger partial charge on any atom is -0.457 e. The molecule has 0 atom stereocenters. The largest absolute Gasteiger partial charge is 0.457 e. The van der Waals surface area contributed by atoms with Crippen molar-refractivity contribution in [2.45, 2.75) is 0 Å². The van der Waals surface area contributed by atoms with Gasteiger partial charge in [0.1, 0.15) is 23.2 Å². The van der Waals surface area contributed by atoms with Crippen molar-refractivity contribution < 1.29 is 14.1 Å². The summed E-state index contributed by atoms with van der Waals surface area (Å²) in [7, 11) is 0. The van der Waals surface area contributed by atoms with Gasteiger partial charge < -0.3 is 9.73 Å². The van der Waals surface area contributed by atoms with Gasteiger partial charge in [-0.2, -0.15) is 5.26 Å². The van der Waals surface area contributed by atoms with E-state index in [0.717, 1.165) is 10.8 Å². The van der Waals surface area contributed by atoms with Gasteiger partial charge in [0.15, 0.2) is 0 Å². The second-order valence-corrected chi connectivity index (χ2v) is 6.70. The highest BCUT2D eigenvalue weighted by Gasteiger charge is 2.13. The fourth-order valence-electron chi connectivity index (χ4n) is 3.11. The maximum absolute atomic E-state index is 12.6. The molecule has 31 heavy (non-hydrogen) atoms. The maximum atomic E-state index is 12.6. The van der Waals surface area contributed by atoms with Gasteiger partial charge in [-0.05, 0) is 35.0 Å². The first-order chi connectivity index (χ1) is 15.0. The fraction of sp³-hybridized carbons (Fsp3) is 0. The van der Waals surface area contributed by atoms with Crippen molar-refractivity contribution in [3.05, 3.63) is 100 Å². The van der Waals surface area contributed by atoms with Gasteiger partial charge in [-0.1, -0.05) is 42.5 Å². The highest BCUT2D eigenvalue weighted by Crippen LogP contribution is 2.27. The number of non-ortho nitro benzene ring substituents is 1. The molecule has 3 aromatic carbocycles. The Morgan fingerprint density at radius 3 is 2.58 bits per heavy atom. The molecule has 150 valence electrons. The molecule has 1 N–H and O–H groups in total. The quantitative estimate of drug-likeness (QED) is 0.201. The van der Waals surface area contributed by atoms with E-state index >= 15 is 0 Å². The summed E-state index contributed by atoms with van der Waals surface area (Å²) < 4.78 is 5.66. The minimum absolute atomic E-state index is 0.0570. The average Bonchev–Trinajstić information content (AvgIpc) is 3.26. The third-order valence-electron chi connectivity index (χ3n) is 4.63. The van der Waals surface area contributed by atoms with E-state index in [-0.39, 0.29) is 17.0 Å². The molecule has 0 bridgehead atoms. The second kappa shape index (κ2) is 8.35. The van der Waals surface area contributed by atoms with Crippen LogP contribution in [0.25, 0.3) is 28.2 Å². The van der Waals surface area contributed by atoms with Gasteiger partial charge in [0.05, 0.1) is 4.92 Å². The number of furan rings is 1. The van der Waals surface area contributed by atoms with Crippen LogP contribution in [0.5, 0.6) is 0 Å². The molecule has 0 saturated carbocycles. The number of anilines is 1. The first-order valence-electron chi connectivity index (χ1n) is 9.30. The third kappa shape index (κ3) is 4.33. The van der Waals surface area contributed by atoms with Crippen LogP contribution in [0.2, 0.25) is 0 Å². The number of carbonyl (C=O) groups excluding carboxylic acids is 1. The molecule has 0 spiro atoms. The van der Waals surface area contributed by atoms with Crippen LogP contribution in [0, 0.1) is 21.4 Å². The Balaban J connectivity index is 1.55. The summed E-state index contributed by atoms with van der Waals surface area (Å²) in [6.45, 7) is 0. The second-order valence-electron chi connectivity index (χ2n) is 6.70. The Hall–Kier alpha value is -4.70. The number of nitro groups is 1. The van der Waals surface area contributed by atoms with Crippen LogP contribution in [-0.2, 0) is 4.79 Å². The van der Waals surface area contributed by atoms with Gasteiger partial charge in [-0.3, -0.25) is 14.9 Å². The summed E-state index contributed by atoms with van der Waals surface area (Å²) in [6, 6.07) is 24.3. The molecule has 1 heterocycles. The zero-order valence-corrected chi connectivity index (χ0v) is 16.1. The maximum Gasteiger partial charge on any atom is 0.270 e. The number of benzene rings is 3. The first kappa shape index (κ1) is 19.6. The molecule has 7 nitrogen and oxygen atoms in total. The number of hydrogen-bond donors (Lipinski definition) is 1. The molecule has 0 radical (unpaired) electrons. The molecule has 4 rings (SSSR count). The predicted molar refractivity (Wildman–Crippen MR) is 117 cm³/mol. The van der Waals surface area contributed by atoms with E-state index in [1.54, 1.807) is 30.3 Å². The number of rotatable bonds is 5. The van der Waals surface area contributed by atoms with Gasteiger partial charge in [0, 0.05) is 29.5 Å². The van der Waals surface area contributed by atoms with Crippen LogP contribution in [0.3, 0.4) is 0 Å². The number of fused-ring (bicyclic) bond motifs is 1. The Morgan fingerprint density at radius 2 is 1.81 bits per heavy atom. The highest BCUT2D eigenvalue weighted by atomic mass is 16.6. The molecule has 1 amide bonds. The lowest BCUT2D eigenvalue weighted by atomic mass is 10.1. The summed E-state index contributed by atoms with van der Waals surface area (Å²) in [5.41, 5.74) is 0.904. The smallest absolute Gasteiger partial charge is 0.270 e. The predicted octanol–water partition coefficient (Wildman–Crippen LogP) is 5.55. The Bertz CT molecular complexity index is 1380. The lowest BCUT2D eigenvalue weighted by Gasteiger charge is -2.05. The SMILES string of the molecule is N#CC(=Cc1ccc(-c2cccc([N+](=O)[O-])c2)o1)C(=O)Nc1ccc2ccccc2c1. The lowest BCUT2D eigenvalue weighted by Crippen LogP contribution is -2.13. The summed E-state index contributed by atoms with van der Waals surface area (Å²) >= 11 is 0. The van der Waals surface area contributed by atoms with Crippen LogP contribution in [0.1, 0.15) is 5.76 Å². The molecular weight excluding hydrogens is 394 g/mol. The molecule has 7 heteroatoms. The molecule has 0 unspecified atom stereocenters. The summed E-state index contributed by atoms with van der Waals surface area (Å²) in [4.78, 5) is 23.0. The standard InChI is InChI=1S/C24H15N3O4/c25-15-19(24(28)26-20-9-8-16-4-1-2-5-17(16)12-20)14-22-10-11-23(31-22)18-6-3-7-21(13-18)27(29)30/h1-14H,(H,26,28). The van der Waals surface area contributed by atoms with Crippen LogP contribution >= 0.6 is 0 Å². The minimum atomic E-state index is -0.564. The van der Waals surface area contributed by atoms with E-state index < -0.39 is 10.8 Å². The molecule has 0 aliphatic heterocycles. The molecule has 0 saturated heterocycles.